The van der Waals surface area contributed by atoms with E-state index in [2.05, 4.69) is 0 Å². The molecule has 0 saturated carbocycles. The Labute approximate surface area is 125 Å². The summed E-state index contributed by atoms with van der Waals surface area (Å²) in [5.41, 5.74) is 6.45. The maximum atomic E-state index is 14.4. The van der Waals surface area contributed by atoms with Gasteiger partial charge in [-0.3, -0.25) is 4.90 Å². The zero-order valence-electron chi connectivity index (χ0n) is 12.8. The molecule has 21 heavy (non-hydrogen) atoms. The van der Waals surface area contributed by atoms with Crippen molar-refractivity contribution in [1.29, 1.82) is 0 Å². The van der Waals surface area contributed by atoms with Crippen molar-refractivity contribution in [2.75, 3.05) is 12.3 Å². The molecule has 0 spiro atoms. The summed E-state index contributed by atoms with van der Waals surface area (Å²) < 4.78 is 19.8. The van der Waals surface area contributed by atoms with Crippen LogP contribution >= 0.6 is 0 Å². The maximum absolute atomic E-state index is 14.4. The third-order valence-corrected chi connectivity index (χ3v) is 3.46. The van der Waals surface area contributed by atoms with Crippen LogP contribution in [0.5, 0.6) is 0 Å². The molecule has 0 aromatic heterocycles. The Kier molecular flexibility index (Phi) is 4.40. The number of halogens is 1. The first-order valence-corrected chi connectivity index (χ1v) is 7.27. The first-order valence-electron chi connectivity index (χ1n) is 7.27. The number of anilines is 1. The molecular formula is C16H23FN2O2. The lowest BCUT2D eigenvalue weighted by Gasteiger charge is -2.38. The Hall–Kier alpha value is -1.78. The van der Waals surface area contributed by atoms with E-state index in [0.29, 0.717) is 25.1 Å². The quantitative estimate of drug-likeness (QED) is 0.804. The summed E-state index contributed by atoms with van der Waals surface area (Å²) in [6, 6.07) is 6.40. The number of rotatable bonds is 1. The monoisotopic (exact) mass is 294 g/mol. The lowest BCUT2D eigenvalue weighted by Crippen LogP contribution is -2.45. The SMILES string of the molecule is CC(C)(C)OC(=O)N1CCCC(F)C1c1ccc(N)cc1. The van der Waals surface area contributed by atoms with E-state index in [1.54, 1.807) is 45.0 Å². The number of nitrogen functional groups attached to an aromatic ring is 1. The van der Waals surface area contributed by atoms with Crippen molar-refractivity contribution in [2.24, 2.45) is 0 Å². The zero-order valence-corrected chi connectivity index (χ0v) is 12.8. The van der Waals surface area contributed by atoms with Crippen LogP contribution in [0, 0.1) is 0 Å². The Balaban J connectivity index is 2.25. The second-order valence-corrected chi connectivity index (χ2v) is 6.44. The highest BCUT2D eigenvalue weighted by molar-refractivity contribution is 5.69. The second kappa shape index (κ2) is 5.92. The third-order valence-electron chi connectivity index (χ3n) is 3.46. The lowest BCUT2D eigenvalue weighted by molar-refractivity contribution is -0.00574. The minimum Gasteiger partial charge on any atom is -0.444 e. The van der Waals surface area contributed by atoms with Crippen LogP contribution in [0.2, 0.25) is 0 Å². The Bertz CT molecular complexity index is 496. The van der Waals surface area contributed by atoms with Gasteiger partial charge < -0.3 is 10.5 Å². The smallest absolute Gasteiger partial charge is 0.410 e. The van der Waals surface area contributed by atoms with Crippen LogP contribution in [0.25, 0.3) is 0 Å². The van der Waals surface area contributed by atoms with Gasteiger partial charge in [0.15, 0.2) is 0 Å². The number of alkyl halides is 1. The van der Waals surface area contributed by atoms with Gasteiger partial charge in [0.05, 0.1) is 6.04 Å². The fourth-order valence-electron chi connectivity index (χ4n) is 2.56. The molecule has 4 nitrogen and oxygen atoms in total. The average Bonchev–Trinajstić information content (AvgIpc) is 2.38. The number of ether oxygens (including phenoxy) is 1. The maximum Gasteiger partial charge on any atom is 0.410 e. The van der Waals surface area contributed by atoms with Gasteiger partial charge in [-0.2, -0.15) is 0 Å². The van der Waals surface area contributed by atoms with Crippen molar-refractivity contribution >= 4 is 11.8 Å². The molecule has 5 heteroatoms. The standard InChI is InChI=1S/C16H23FN2O2/c1-16(2,3)21-15(20)19-10-4-5-13(17)14(19)11-6-8-12(18)9-7-11/h6-9,13-14H,4-5,10,18H2,1-3H3. The number of hydrogen-bond acceptors (Lipinski definition) is 3. The molecule has 1 aromatic carbocycles. The molecule has 1 amide bonds. The molecule has 2 unspecified atom stereocenters. The van der Waals surface area contributed by atoms with E-state index >= 15 is 0 Å². The minimum atomic E-state index is -1.09. The van der Waals surface area contributed by atoms with E-state index < -0.39 is 23.9 Å². The van der Waals surface area contributed by atoms with Gasteiger partial charge in [-0.1, -0.05) is 12.1 Å². The molecule has 1 heterocycles. The van der Waals surface area contributed by atoms with Crippen molar-refractivity contribution in [1.82, 2.24) is 4.90 Å². The number of carbonyl (C=O) groups is 1. The molecule has 0 radical (unpaired) electrons. The number of piperidine rings is 1. The van der Waals surface area contributed by atoms with Crippen molar-refractivity contribution in [3.05, 3.63) is 29.8 Å². The summed E-state index contributed by atoms with van der Waals surface area (Å²) in [6.07, 6.45) is -0.457. The summed E-state index contributed by atoms with van der Waals surface area (Å²) in [4.78, 5) is 13.8. The summed E-state index contributed by atoms with van der Waals surface area (Å²) in [6.45, 7) is 5.92. The molecule has 1 aliphatic rings. The molecule has 1 aromatic rings. The Morgan fingerprint density at radius 1 is 1.33 bits per heavy atom. The molecule has 2 rings (SSSR count). The highest BCUT2D eigenvalue weighted by atomic mass is 19.1. The van der Waals surface area contributed by atoms with Crippen molar-refractivity contribution in [2.45, 2.75) is 51.4 Å². The van der Waals surface area contributed by atoms with Crippen LogP contribution in [-0.2, 0) is 4.74 Å². The normalized spacial score (nSPS) is 23.0. The van der Waals surface area contributed by atoms with Gasteiger partial charge in [0.1, 0.15) is 11.8 Å². The summed E-state index contributed by atoms with van der Waals surface area (Å²) in [7, 11) is 0. The van der Waals surface area contributed by atoms with E-state index in [4.69, 9.17) is 10.5 Å². The van der Waals surface area contributed by atoms with E-state index in [1.807, 2.05) is 0 Å². The van der Waals surface area contributed by atoms with E-state index in [-0.39, 0.29) is 0 Å². The number of amides is 1. The van der Waals surface area contributed by atoms with Crippen LogP contribution in [-0.4, -0.2) is 29.3 Å². The van der Waals surface area contributed by atoms with Crippen LogP contribution in [0.15, 0.2) is 24.3 Å². The van der Waals surface area contributed by atoms with Crippen LogP contribution in [0.1, 0.15) is 45.2 Å². The molecular weight excluding hydrogens is 271 g/mol. The Morgan fingerprint density at radius 3 is 2.52 bits per heavy atom. The van der Waals surface area contributed by atoms with Crippen molar-refractivity contribution in [3.63, 3.8) is 0 Å². The van der Waals surface area contributed by atoms with Gasteiger partial charge >= 0.3 is 6.09 Å². The first-order chi connectivity index (χ1) is 9.78. The summed E-state index contributed by atoms with van der Waals surface area (Å²) >= 11 is 0. The van der Waals surface area contributed by atoms with Gasteiger partial charge in [-0.05, 0) is 51.3 Å². The molecule has 1 fully saturated rings. The van der Waals surface area contributed by atoms with Crippen LogP contribution in [0.3, 0.4) is 0 Å². The summed E-state index contributed by atoms with van der Waals surface area (Å²) in [5, 5.41) is 0. The first kappa shape index (κ1) is 15.6. The number of nitrogens with zero attached hydrogens (tertiary/aromatic N) is 1. The van der Waals surface area contributed by atoms with Gasteiger partial charge in [-0.25, -0.2) is 9.18 Å². The van der Waals surface area contributed by atoms with Gasteiger partial charge in [-0.15, -0.1) is 0 Å². The van der Waals surface area contributed by atoms with Gasteiger partial charge in [0.2, 0.25) is 0 Å². The van der Waals surface area contributed by atoms with E-state index in [1.165, 1.54) is 4.90 Å². The van der Waals surface area contributed by atoms with Crippen molar-refractivity contribution in [3.8, 4) is 0 Å². The minimum absolute atomic E-state index is 0.453. The predicted octanol–water partition coefficient (Wildman–Crippen LogP) is 3.68. The number of likely N-dealkylation sites (tertiary alicyclic amines) is 1. The predicted molar refractivity (Wildman–Crippen MR) is 80.7 cm³/mol. The molecule has 1 saturated heterocycles. The Morgan fingerprint density at radius 2 is 1.95 bits per heavy atom. The molecule has 0 bridgehead atoms. The lowest BCUT2D eigenvalue weighted by atomic mass is 9.93. The molecule has 0 aliphatic carbocycles. The van der Waals surface area contributed by atoms with Crippen molar-refractivity contribution < 1.29 is 13.9 Å². The molecule has 1 aliphatic heterocycles. The average molecular weight is 294 g/mol. The zero-order chi connectivity index (χ0) is 15.6. The van der Waals surface area contributed by atoms with E-state index in [0.717, 1.165) is 5.56 Å². The third kappa shape index (κ3) is 3.86. The molecule has 116 valence electrons. The molecule has 2 atom stereocenters. The fraction of sp³-hybridized carbons (Fsp3) is 0.562. The number of benzene rings is 1. The highest BCUT2D eigenvalue weighted by Gasteiger charge is 2.37. The second-order valence-electron chi connectivity index (χ2n) is 6.44. The van der Waals surface area contributed by atoms with Gasteiger partial charge in [0.25, 0.3) is 0 Å². The van der Waals surface area contributed by atoms with Crippen LogP contribution in [0.4, 0.5) is 14.9 Å². The largest absolute Gasteiger partial charge is 0.444 e. The number of nitrogens with two attached hydrogens (primary N) is 1. The fourth-order valence-corrected chi connectivity index (χ4v) is 2.56. The number of carbonyl (C=O) groups excluding carboxylic acids is 1. The topological polar surface area (TPSA) is 55.6 Å². The number of hydrogen-bond donors (Lipinski definition) is 1. The highest BCUT2D eigenvalue weighted by Crippen LogP contribution is 2.34. The molecule has 2 N–H and O–H groups in total. The summed E-state index contributed by atoms with van der Waals surface area (Å²) in [5.74, 6) is 0. The van der Waals surface area contributed by atoms with E-state index in [9.17, 15) is 9.18 Å². The van der Waals surface area contributed by atoms with Crippen LogP contribution < -0.4 is 5.73 Å². The van der Waals surface area contributed by atoms with Gasteiger partial charge in [0, 0.05) is 12.2 Å².